The summed E-state index contributed by atoms with van der Waals surface area (Å²) in [5.74, 6) is 0. The second-order valence-electron chi connectivity index (χ2n) is 1.35. The van der Waals surface area contributed by atoms with Gasteiger partial charge >= 0.3 is 0 Å². The summed E-state index contributed by atoms with van der Waals surface area (Å²) in [6.45, 7) is 3.65. The molecule has 0 aliphatic rings. The molecule has 0 fully saturated rings. The summed E-state index contributed by atoms with van der Waals surface area (Å²) in [7, 11) is 0. The van der Waals surface area contributed by atoms with Gasteiger partial charge < -0.3 is 0 Å². The predicted molar refractivity (Wildman–Crippen MR) is 37.0 cm³/mol. The summed E-state index contributed by atoms with van der Waals surface area (Å²) < 4.78 is 3.65. The molecule has 0 aliphatic carbocycles. The second-order valence-corrected chi connectivity index (χ2v) is 2.58. The Morgan fingerprint density at radius 3 is 2.88 bits per heavy atom. The van der Waals surface area contributed by atoms with Gasteiger partial charge in [-0.3, -0.25) is 0 Å². The van der Waals surface area contributed by atoms with Crippen LogP contribution in [0.3, 0.4) is 0 Å². The predicted octanol–water partition coefficient (Wildman–Crippen LogP) is 1.34. The van der Waals surface area contributed by atoms with Crippen LogP contribution in [0.4, 0.5) is 0 Å². The summed E-state index contributed by atoms with van der Waals surface area (Å²) in [6.07, 6.45) is 0. The molecular weight excluding hydrogens is 140 g/mol. The summed E-state index contributed by atoms with van der Waals surface area (Å²) in [5.41, 5.74) is 0.846. The molecule has 0 aromatic carbocycles. The largest absolute Gasteiger partial charge is 0.169 e. The Kier molecular flexibility index (Phi) is 1.85. The van der Waals surface area contributed by atoms with Gasteiger partial charge in [-0.05, 0) is 18.5 Å². The third kappa shape index (κ3) is 1.20. The van der Waals surface area contributed by atoms with Crippen LogP contribution in [-0.4, -0.2) is 9.59 Å². The molecule has 43 valence electrons. The van der Waals surface area contributed by atoms with Crippen molar-refractivity contribution in [3.63, 3.8) is 0 Å². The van der Waals surface area contributed by atoms with Gasteiger partial charge in [0, 0.05) is 10.6 Å². The summed E-state index contributed by atoms with van der Waals surface area (Å²) in [5, 5.41) is 5.55. The highest BCUT2D eigenvalue weighted by molar-refractivity contribution is 7.80. The van der Waals surface area contributed by atoms with E-state index in [0.717, 1.165) is 5.69 Å². The summed E-state index contributed by atoms with van der Waals surface area (Å²) >= 11 is 5.36. The molecule has 0 spiro atoms. The van der Waals surface area contributed by atoms with Gasteiger partial charge in [0.1, 0.15) is 0 Å². The first kappa shape index (κ1) is 6.04. The van der Waals surface area contributed by atoms with E-state index >= 15 is 0 Å². The zero-order chi connectivity index (χ0) is 5.98. The lowest BCUT2D eigenvalue weighted by molar-refractivity contribution is 1.03. The lowest BCUT2D eigenvalue weighted by Gasteiger charge is -1.91. The summed E-state index contributed by atoms with van der Waals surface area (Å²) in [4.78, 5) is 0. The molecule has 1 aromatic rings. The number of rotatable bonds is 1. The van der Waals surface area contributed by atoms with Gasteiger partial charge in [-0.15, -0.1) is 5.10 Å². The standard InChI is InChI=1S/C4H5N2S2/c1-3(7)4-2-8-6-5-4/h2-3,7H,1H2. The van der Waals surface area contributed by atoms with Crippen molar-refractivity contribution in [1.82, 2.24) is 9.59 Å². The van der Waals surface area contributed by atoms with E-state index in [2.05, 4.69) is 29.1 Å². The maximum Gasteiger partial charge on any atom is 0.0882 e. The van der Waals surface area contributed by atoms with Crippen LogP contribution in [0.25, 0.3) is 0 Å². The SMILES string of the molecule is [CH2]C(S)c1csnn1. The van der Waals surface area contributed by atoms with E-state index in [1.165, 1.54) is 11.5 Å². The van der Waals surface area contributed by atoms with Crippen LogP contribution in [0, 0.1) is 6.92 Å². The van der Waals surface area contributed by atoms with E-state index in [9.17, 15) is 0 Å². The molecule has 0 aliphatic heterocycles. The first-order valence-corrected chi connectivity index (χ1v) is 3.44. The van der Waals surface area contributed by atoms with Crippen LogP contribution < -0.4 is 0 Å². The Labute approximate surface area is 57.5 Å². The van der Waals surface area contributed by atoms with Crippen molar-refractivity contribution < 1.29 is 0 Å². The quantitative estimate of drug-likeness (QED) is 0.603. The lowest BCUT2D eigenvalue weighted by Crippen LogP contribution is -1.82. The normalized spacial score (nSPS) is 13.8. The number of thiol groups is 1. The molecule has 1 aromatic heterocycles. The highest BCUT2D eigenvalue weighted by Crippen LogP contribution is 2.15. The van der Waals surface area contributed by atoms with Gasteiger partial charge in [0.25, 0.3) is 0 Å². The second kappa shape index (κ2) is 2.46. The zero-order valence-corrected chi connectivity index (χ0v) is 5.82. The van der Waals surface area contributed by atoms with Crippen molar-refractivity contribution >= 4 is 24.2 Å². The maximum atomic E-state index is 4.05. The Hall–Kier alpha value is -0.0900. The third-order valence-electron chi connectivity index (χ3n) is 0.718. The van der Waals surface area contributed by atoms with E-state index in [-0.39, 0.29) is 5.25 Å². The smallest absolute Gasteiger partial charge is 0.0882 e. The third-order valence-corrected chi connectivity index (χ3v) is 1.51. The minimum Gasteiger partial charge on any atom is -0.169 e. The summed E-state index contributed by atoms with van der Waals surface area (Å²) in [6, 6.07) is 0. The number of nitrogens with zero attached hydrogens (tertiary/aromatic N) is 2. The van der Waals surface area contributed by atoms with Gasteiger partial charge in [-0.1, -0.05) is 4.49 Å². The molecule has 0 saturated heterocycles. The fourth-order valence-electron chi connectivity index (χ4n) is 0.317. The minimum atomic E-state index is -0.0336. The van der Waals surface area contributed by atoms with E-state index in [4.69, 9.17) is 0 Å². The Morgan fingerprint density at radius 2 is 2.62 bits per heavy atom. The van der Waals surface area contributed by atoms with Crippen LogP contribution in [0.2, 0.25) is 0 Å². The molecule has 4 heteroatoms. The topological polar surface area (TPSA) is 25.8 Å². The number of hydrogen-bond donors (Lipinski definition) is 1. The fraction of sp³-hybridized carbons (Fsp3) is 0.250. The first-order valence-electron chi connectivity index (χ1n) is 2.09. The van der Waals surface area contributed by atoms with Crippen molar-refractivity contribution in [3.05, 3.63) is 18.0 Å². The van der Waals surface area contributed by atoms with E-state index < -0.39 is 0 Å². The van der Waals surface area contributed by atoms with Gasteiger partial charge in [0.2, 0.25) is 0 Å². The zero-order valence-electron chi connectivity index (χ0n) is 4.11. The maximum absolute atomic E-state index is 4.05. The van der Waals surface area contributed by atoms with E-state index in [1.54, 1.807) is 0 Å². The number of hydrogen-bond acceptors (Lipinski definition) is 4. The molecule has 0 amide bonds. The van der Waals surface area contributed by atoms with Crippen LogP contribution in [0.1, 0.15) is 10.9 Å². The van der Waals surface area contributed by atoms with Crippen molar-refractivity contribution in [1.29, 1.82) is 0 Å². The molecule has 1 radical (unpaired) electrons. The van der Waals surface area contributed by atoms with E-state index in [1.807, 2.05) is 5.38 Å². The fourth-order valence-corrected chi connectivity index (χ4v) is 1.05. The lowest BCUT2D eigenvalue weighted by atomic mass is 10.4. The van der Waals surface area contributed by atoms with Crippen LogP contribution in [-0.2, 0) is 0 Å². The molecule has 1 rings (SSSR count). The van der Waals surface area contributed by atoms with Gasteiger partial charge in [0.15, 0.2) is 0 Å². The molecule has 0 N–H and O–H groups in total. The van der Waals surface area contributed by atoms with Crippen LogP contribution in [0.15, 0.2) is 5.38 Å². The number of aromatic nitrogens is 2. The van der Waals surface area contributed by atoms with Crippen molar-refractivity contribution in [3.8, 4) is 0 Å². The van der Waals surface area contributed by atoms with Gasteiger partial charge in [-0.2, -0.15) is 12.6 Å². The van der Waals surface area contributed by atoms with Crippen LogP contribution in [0.5, 0.6) is 0 Å². The first-order chi connectivity index (χ1) is 3.80. The molecule has 1 atom stereocenters. The average molecular weight is 145 g/mol. The minimum absolute atomic E-state index is 0.0336. The monoisotopic (exact) mass is 145 g/mol. The molecule has 0 bridgehead atoms. The Balaban J connectivity index is 2.77. The Bertz CT molecular complexity index is 147. The Morgan fingerprint density at radius 1 is 1.88 bits per heavy atom. The highest BCUT2D eigenvalue weighted by atomic mass is 32.1. The molecule has 1 unspecified atom stereocenters. The van der Waals surface area contributed by atoms with Crippen molar-refractivity contribution in [2.24, 2.45) is 0 Å². The van der Waals surface area contributed by atoms with Crippen molar-refractivity contribution in [2.75, 3.05) is 0 Å². The highest BCUT2D eigenvalue weighted by Gasteiger charge is 1.99. The molecular formula is C4H5N2S2. The molecule has 0 saturated carbocycles. The average Bonchev–Trinajstić information content (AvgIpc) is 2.12. The van der Waals surface area contributed by atoms with Gasteiger partial charge in [-0.25, -0.2) is 0 Å². The molecule has 2 nitrogen and oxygen atoms in total. The molecule has 1 heterocycles. The van der Waals surface area contributed by atoms with Crippen LogP contribution >= 0.6 is 24.2 Å². The van der Waals surface area contributed by atoms with Crippen molar-refractivity contribution in [2.45, 2.75) is 5.25 Å². The van der Waals surface area contributed by atoms with Gasteiger partial charge in [0.05, 0.1) is 5.69 Å². The van der Waals surface area contributed by atoms with E-state index in [0.29, 0.717) is 0 Å². The molecule has 8 heavy (non-hydrogen) atoms.